The minimum atomic E-state index is -4.05. The highest BCUT2D eigenvalue weighted by Gasteiger charge is 2.11. The van der Waals surface area contributed by atoms with Gasteiger partial charge < -0.3 is 10.5 Å². The van der Waals surface area contributed by atoms with Crippen LogP contribution in [0.5, 0.6) is 0 Å². The first kappa shape index (κ1) is 18.6. The summed E-state index contributed by atoms with van der Waals surface area (Å²) in [5.41, 5.74) is 6.69. The summed E-state index contributed by atoms with van der Waals surface area (Å²) >= 11 is 0. The molecule has 0 saturated carbocycles. The van der Waals surface area contributed by atoms with Gasteiger partial charge in [0.25, 0.3) is 10.1 Å². The fourth-order valence-corrected chi connectivity index (χ4v) is 2.07. The van der Waals surface area contributed by atoms with Crippen LogP contribution < -0.4 is 5.73 Å². The SMILES string of the molecule is CCOC(=O)C(C)N.Cc1ccc(S(=O)(=O)O)c(C)c1. The van der Waals surface area contributed by atoms with Crippen molar-refractivity contribution >= 4 is 16.1 Å². The molecule has 7 heteroatoms. The molecular formula is C13H21NO5S. The lowest BCUT2D eigenvalue weighted by molar-refractivity contribution is -0.144. The van der Waals surface area contributed by atoms with Crippen molar-refractivity contribution in [2.45, 2.75) is 38.6 Å². The Morgan fingerprint density at radius 3 is 2.25 bits per heavy atom. The van der Waals surface area contributed by atoms with Gasteiger partial charge in [-0.1, -0.05) is 17.7 Å². The summed E-state index contributed by atoms with van der Waals surface area (Å²) in [6, 6.07) is 4.27. The van der Waals surface area contributed by atoms with Crippen molar-refractivity contribution in [3.05, 3.63) is 29.3 Å². The van der Waals surface area contributed by atoms with Crippen LogP contribution in [0.2, 0.25) is 0 Å². The third kappa shape index (κ3) is 6.65. The molecule has 20 heavy (non-hydrogen) atoms. The van der Waals surface area contributed by atoms with Gasteiger partial charge in [0.2, 0.25) is 0 Å². The number of aryl methyl sites for hydroxylation is 2. The van der Waals surface area contributed by atoms with Gasteiger partial charge in [0.1, 0.15) is 6.04 Å². The van der Waals surface area contributed by atoms with Gasteiger partial charge >= 0.3 is 5.97 Å². The van der Waals surface area contributed by atoms with Gasteiger partial charge in [-0.3, -0.25) is 9.35 Å². The quantitative estimate of drug-likeness (QED) is 0.646. The molecule has 1 atom stereocenters. The smallest absolute Gasteiger partial charge is 0.322 e. The van der Waals surface area contributed by atoms with Crippen molar-refractivity contribution in [2.24, 2.45) is 5.73 Å². The lowest BCUT2D eigenvalue weighted by atomic mass is 10.2. The maximum Gasteiger partial charge on any atom is 0.322 e. The zero-order valence-corrected chi connectivity index (χ0v) is 12.9. The normalized spacial score (nSPS) is 12.1. The lowest BCUT2D eigenvalue weighted by Crippen LogP contribution is -2.28. The number of hydrogen-bond acceptors (Lipinski definition) is 5. The number of hydrogen-bond donors (Lipinski definition) is 2. The summed E-state index contributed by atoms with van der Waals surface area (Å²) in [4.78, 5) is 10.4. The van der Waals surface area contributed by atoms with Gasteiger partial charge in [0.15, 0.2) is 0 Å². The summed E-state index contributed by atoms with van der Waals surface area (Å²) in [5, 5.41) is 0. The molecule has 0 saturated heterocycles. The highest BCUT2D eigenvalue weighted by Crippen LogP contribution is 2.15. The van der Waals surface area contributed by atoms with Gasteiger partial charge in [-0.25, -0.2) is 0 Å². The minimum Gasteiger partial charge on any atom is -0.465 e. The van der Waals surface area contributed by atoms with Crippen LogP contribution in [-0.2, 0) is 19.6 Å². The Morgan fingerprint density at radius 1 is 1.40 bits per heavy atom. The van der Waals surface area contributed by atoms with E-state index in [-0.39, 0.29) is 10.9 Å². The van der Waals surface area contributed by atoms with E-state index in [4.69, 9.17) is 10.3 Å². The van der Waals surface area contributed by atoms with Crippen LogP contribution in [0.4, 0.5) is 0 Å². The van der Waals surface area contributed by atoms with E-state index in [1.54, 1.807) is 32.9 Å². The van der Waals surface area contributed by atoms with E-state index in [2.05, 4.69) is 4.74 Å². The van der Waals surface area contributed by atoms with Gasteiger partial charge in [-0.2, -0.15) is 8.42 Å². The molecular weight excluding hydrogens is 282 g/mol. The second-order valence-electron chi connectivity index (χ2n) is 4.28. The molecule has 114 valence electrons. The number of ether oxygens (including phenoxy) is 1. The molecule has 0 spiro atoms. The maximum absolute atomic E-state index is 10.7. The molecule has 0 amide bonds. The molecule has 0 bridgehead atoms. The van der Waals surface area contributed by atoms with E-state index >= 15 is 0 Å². The Balaban J connectivity index is 0.000000396. The molecule has 1 unspecified atom stereocenters. The maximum atomic E-state index is 10.7. The highest BCUT2D eigenvalue weighted by molar-refractivity contribution is 7.85. The first-order chi connectivity index (χ1) is 9.09. The van der Waals surface area contributed by atoms with Crippen molar-refractivity contribution < 1.29 is 22.5 Å². The van der Waals surface area contributed by atoms with E-state index in [0.717, 1.165) is 5.56 Å². The standard InChI is InChI=1S/C8H10O3S.C5H11NO2/c1-6-3-4-8(7(2)5-6)12(9,10)11;1-3-8-5(7)4(2)6/h3-5H,1-2H3,(H,9,10,11);4H,3,6H2,1-2H3. The molecule has 0 aliphatic rings. The molecule has 6 nitrogen and oxygen atoms in total. The van der Waals surface area contributed by atoms with Gasteiger partial charge in [0, 0.05) is 0 Å². The molecule has 0 aliphatic carbocycles. The number of carbonyl (C=O) groups is 1. The third-order valence-corrected chi connectivity index (χ3v) is 3.28. The Bertz CT molecular complexity index is 552. The number of nitrogens with two attached hydrogens (primary N) is 1. The lowest BCUT2D eigenvalue weighted by Gasteiger charge is -2.02. The number of carbonyl (C=O) groups excluding carboxylic acids is 1. The molecule has 0 aliphatic heterocycles. The zero-order valence-electron chi connectivity index (χ0n) is 12.1. The summed E-state index contributed by atoms with van der Waals surface area (Å²) in [6.07, 6.45) is 0. The topological polar surface area (TPSA) is 107 Å². The number of rotatable bonds is 3. The van der Waals surface area contributed by atoms with Gasteiger partial charge in [0.05, 0.1) is 11.5 Å². The Kier molecular flexibility index (Phi) is 7.41. The van der Waals surface area contributed by atoms with Crippen LogP contribution in [0.15, 0.2) is 23.1 Å². The highest BCUT2D eigenvalue weighted by atomic mass is 32.2. The molecule has 1 rings (SSSR count). The van der Waals surface area contributed by atoms with Crippen LogP contribution in [0.1, 0.15) is 25.0 Å². The molecule has 0 heterocycles. The summed E-state index contributed by atoms with van der Waals surface area (Å²) in [5.74, 6) is -0.340. The van der Waals surface area contributed by atoms with Crippen LogP contribution in [0, 0.1) is 13.8 Å². The van der Waals surface area contributed by atoms with Crippen LogP contribution >= 0.6 is 0 Å². The van der Waals surface area contributed by atoms with E-state index in [1.165, 1.54) is 6.07 Å². The number of esters is 1. The third-order valence-electron chi connectivity index (χ3n) is 2.27. The van der Waals surface area contributed by atoms with Crippen molar-refractivity contribution in [3.8, 4) is 0 Å². The van der Waals surface area contributed by atoms with Crippen molar-refractivity contribution in [1.29, 1.82) is 0 Å². The van der Waals surface area contributed by atoms with E-state index in [9.17, 15) is 13.2 Å². The van der Waals surface area contributed by atoms with E-state index in [1.807, 2.05) is 6.92 Å². The van der Waals surface area contributed by atoms with Crippen molar-refractivity contribution in [2.75, 3.05) is 6.61 Å². The monoisotopic (exact) mass is 303 g/mol. The van der Waals surface area contributed by atoms with Gasteiger partial charge in [-0.05, 0) is 39.3 Å². The Hall–Kier alpha value is -1.44. The Labute approximate surface area is 119 Å². The summed E-state index contributed by atoms with van der Waals surface area (Å²) in [6.45, 7) is 7.26. The molecule has 0 fully saturated rings. The first-order valence-electron chi connectivity index (χ1n) is 6.06. The molecule has 3 N–H and O–H groups in total. The van der Waals surface area contributed by atoms with Crippen molar-refractivity contribution in [3.63, 3.8) is 0 Å². The fourth-order valence-electron chi connectivity index (χ4n) is 1.36. The average molecular weight is 303 g/mol. The van der Waals surface area contributed by atoms with Crippen LogP contribution in [-0.4, -0.2) is 31.6 Å². The predicted octanol–water partition coefficient (Wildman–Crippen LogP) is 1.45. The zero-order chi connectivity index (χ0) is 15.9. The van der Waals surface area contributed by atoms with Crippen molar-refractivity contribution in [1.82, 2.24) is 0 Å². The summed E-state index contributed by atoms with van der Waals surface area (Å²) in [7, 11) is -4.05. The van der Waals surface area contributed by atoms with Crippen LogP contribution in [0.3, 0.4) is 0 Å². The Morgan fingerprint density at radius 2 is 1.95 bits per heavy atom. The van der Waals surface area contributed by atoms with Gasteiger partial charge in [-0.15, -0.1) is 0 Å². The molecule has 0 radical (unpaired) electrons. The fraction of sp³-hybridized carbons (Fsp3) is 0.462. The molecule has 0 aromatic heterocycles. The predicted molar refractivity (Wildman–Crippen MR) is 76.0 cm³/mol. The molecule has 1 aromatic rings. The van der Waals surface area contributed by atoms with E-state index < -0.39 is 16.2 Å². The second-order valence-corrected chi connectivity index (χ2v) is 5.67. The van der Waals surface area contributed by atoms with E-state index in [0.29, 0.717) is 12.2 Å². The number of benzene rings is 1. The molecule has 1 aromatic carbocycles. The second kappa shape index (κ2) is 7.98. The van der Waals surface area contributed by atoms with Crippen LogP contribution in [0.25, 0.3) is 0 Å². The largest absolute Gasteiger partial charge is 0.465 e. The minimum absolute atomic E-state index is 0.0203. The summed E-state index contributed by atoms with van der Waals surface area (Å²) < 4.78 is 34.7. The average Bonchev–Trinajstić information content (AvgIpc) is 2.27. The first-order valence-corrected chi connectivity index (χ1v) is 7.50.